The summed E-state index contributed by atoms with van der Waals surface area (Å²) in [6.07, 6.45) is -0.374. The van der Waals surface area contributed by atoms with Crippen LogP contribution in [0.15, 0.2) is 18.2 Å². The zero-order chi connectivity index (χ0) is 11.6. The van der Waals surface area contributed by atoms with Gasteiger partial charge in [0.1, 0.15) is 0 Å². The van der Waals surface area contributed by atoms with E-state index in [1.165, 1.54) is 11.1 Å². The molecule has 1 N–H and O–H groups in total. The first-order valence-electron chi connectivity index (χ1n) is 5.75. The minimum atomic E-state index is -0.374. The highest BCUT2D eigenvalue weighted by Gasteiger charge is 2.16. The van der Waals surface area contributed by atoms with Crippen molar-refractivity contribution in [2.75, 3.05) is 0 Å². The topological polar surface area (TPSA) is 20.2 Å². The molecule has 15 heavy (non-hydrogen) atoms. The van der Waals surface area contributed by atoms with E-state index in [0.717, 1.165) is 5.56 Å². The molecule has 0 heterocycles. The molecule has 1 nitrogen and oxygen atoms in total. The quantitative estimate of drug-likeness (QED) is 0.793. The van der Waals surface area contributed by atoms with Gasteiger partial charge in [-0.25, -0.2) is 0 Å². The molecule has 0 saturated heterocycles. The van der Waals surface area contributed by atoms with Crippen molar-refractivity contribution in [3.8, 4) is 0 Å². The Balaban J connectivity index is 3.35. The average Bonchev–Trinajstić information content (AvgIpc) is 2.16. The Morgan fingerprint density at radius 1 is 0.867 bits per heavy atom. The van der Waals surface area contributed by atoms with Gasteiger partial charge in [0.2, 0.25) is 0 Å². The third-order valence-corrected chi connectivity index (χ3v) is 2.82. The van der Waals surface area contributed by atoms with Crippen molar-refractivity contribution >= 4 is 0 Å². The summed E-state index contributed by atoms with van der Waals surface area (Å²) in [7, 11) is 0. The smallest absolute Gasteiger partial charge is 0.0764 e. The molecule has 1 aromatic carbocycles. The Kier molecular flexibility index (Phi) is 3.92. The highest BCUT2D eigenvalue weighted by molar-refractivity contribution is 5.40. The van der Waals surface area contributed by atoms with Gasteiger partial charge in [-0.2, -0.15) is 0 Å². The van der Waals surface area contributed by atoms with E-state index in [2.05, 4.69) is 33.8 Å². The van der Waals surface area contributed by atoms with E-state index in [0.29, 0.717) is 11.8 Å². The molecule has 0 radical (unpaired) electrons. The maximum Gasteiger partial charge on any atom is 0.0764 e. The fraction of sp³-hybridized carbons (Fsp3) is 0.571. The van der Waals surface area contributed by atoms with Crippen LogP contribution in [0.4, 0.5) is 0 Å². The average molecular weight is 206 g/mol. The first-order chi connectivity index (χ1) is 6.95. The molecule has 0 spiro atoms. The fourth-order valence-electron chi connectivity index (χ4n) is 2.14. The van der Waals surface area contributed by atoms with E-state index in [1.54, 1.807) is 0 Å². The molecule has 0 saturated carbocycles. The molecule has 0 amide bonds. The lowest BCUT2D eigenvalue weighted by Crippen LogP contribution is -2.06. The fourth-order valence-corrected chi connectivity index (χ4v) is 2.14. The molecule has 84 valence electrons. The number of aliphatic hydroxyl groups is 1. The molecule has 1 atom stereocenters. The van der Waals surface area contributed by atoms with Gasteiger partial charge in [-0.1, -0.05) is 45.9 Å². The predicted molar refractivity (Wildman–Crippen MR) is 65.3 cm³/mol. The van der Waals surface area contributed by atoms with Crippen molar-refractivity contribution in [1.29, 1.82) is 0 Å². The summed E-state index contributed by atoms with van der Waals surface area (Å²) in [6.45, 7) is 10.6. The molecule has 0 aliphatic carbocycles. The zero-order valence-corrected chi connectivity index (χ0v) is 10.4. The Bertz CT molecular complexity index is 298. The lowest BCUT2D eigenvalue weighted by atomic mass is 9.85. The highest BCUT2D eigenvalue weighted by Crippen LogP contribution is 2.32. The number of hydrogen-bond acceptors (Lipinski definition) is 1. The maximum absolute atomic E-state index is 9.76. The van der Waals surface area contributed by atoms with Crippen LogP contribution < -0.4 is 0 Å². The van der Waals surface area contributed by atoms with Crippen LogP contribution in [-0.2, 0) is 0 Å². The predicted octanol–water partition coefficient (Wildman–Crippen LogP) is 3.99. The molecule has 0 bridgehead atoms. The van der Waals surface area contributed by atoms with Crippen LogP contribution in [0.25, 0.3) is 0 Å². The van der Waals surface area contributed by atoms with E-state index in [1.807, 2.05) is 19.1 Å². The first-order valence-corrected chi connectivity index (χ1v) is 5.75. The van der Waals surface area contributed by atoms with Crippen LogP contribution in [0, 0.1) is 0 Å². The second-order valence-electron chi connectivity index (χ2n) is 4.84. The van der Waals surface area contributed by atoms with E-state index < -0.39 is 0 Å². The summed E-state index contributed by atoms with van der Waals surface area (Å²) in [5, 5.41) is 9.76. The van der Waals surface area contributed by atoms with Gasteiger partial charge in [0, 0.05) is 0 Å². The zero-order valence-electron chi connectivity index (χ0n) is 10.4. The molecule has 0 aromatic heterocycles. The Labute approximate surface area is 93.1 Å². The normalized spacial score (nSPS) is 13.6. The van der Waals surface area contributed by atoms with Gasteiger partial charge >= 0.3 is 0 Å². The molecule has 0 aliphatic heterocycles. The van der Waals surface area contributed by atoms with Crippen LogP contribution in [0.1, 0.15) is 69.2 Å². The first kappa shape index (κ1) is 12.3. The molecule has 0 fully saturated rings. The Morgan fingerprint density at radius 2 is 1.40 bits per heavy atom. The third-order valence-electron chi connectivity index (χ3n) is 2.82. The van der Waals surface area contributed by atoms with E-state index in [-0.39, 0.29) is 6.10 Å². The largest absolute Gasteiger partial charge is 0.389 e. The molecule has 0 aliphatic rings. The SMILES string of the molecule is CC(C)c1cccc(C(C)O)c1C(C)C. The summed E-state index contributed by atoms with van der Waals surface area (Å²) in [5.74, 6) is 0.981. The van der Waals surface area contributed by atoms with Gasteiger partial charge in [0.05, 0.1) is 6.10 Å². The van der Waals surface area contributed by atoms with E-state index >= 15 is 0 Å². The van der Waals surface area contributed by atoms with Crippen LogP contribution in [0.2, 0.25) is 0 Å². The van der Waals surface area contributed by atoms with Gasteiger partial charge in [-0.15, -0.1) is 0 Å². The van der Waals surface area contributed by atoms with Crippen molar-refractivity contribution < 1.29 is 5.11 Å². The third kappa shape index (κ3) is 2.60. The minimum Gasteiger partial charge on any atom is -0.389 e. The second kappa shape index (κ2) is 4.80. The number of aliphatic hydroxyl groups excluding tert-OH is 1. The molecule has 1 rings (SSSR count). The van der Waals surface area contributed by atoms with Crippen LogP contribution in [0.5, 0.6) is 0 Å². The van der Waals surface area contributed by atoms with Crippen LogP contribution in [-0.4, -0.2) is 5.11 Å². The van der Waals surface area contributed by atoms with E-state index in [4.69, 9.17) is 0 Å². The van der Waals surface area contributed by atoms with E-state index in [9.17, 15) is 5.11 Å². The monoisotopic (exact) mass is 206 g/mol. The Morgan fingerprint density at radius 3 is 1.80 bits per heavy atom. The van der Waals surface area contributed by atoms with Crippen molar-refractivity contribution in [2.24, 2.45) is 0 Å². The summed E-state index contributed by atoms with van der Waals surface area (Å²) in [5.41, 5.74) is 3.77. The van der Waals surface area contributed by atoms with Gasteiger partial charge in [0.25, 0.3) is 0 Å². The summed E-state index contributed by atoms with van der Waals surface area (Å²) >= 11 is 0. The highest BCUT2D eigenvalue weighted by atomic mass is 16.3. The number of hydrogen-bond donors (Lipinski definition) is 1. The molecular formula is C14H22O. The standard InChI is InChI=1S/C14H22O/c1-9(2)12-7-6-8-13(11(5)15)14(12)10(3)4/h6-11,15H,1-5H3. The van der Waals surface area contributed by atoms with Crippen LogP contribution >= 0.6 is 0 Å². The lowest BCUT2D eigenvalue weighted by Gasteiger charge is -2.21. The lowest BCUT2D eigenvalue weighted by molar-refractivity contribution is 0.197. The summed E-state index contributed by atoms with van der Waals surface area (Å²) < 4.78 is 0. The maximum atomic E-state index is 9.76. The number of benzene rings is 1. The second-order valence-corrected chi connectivity index (χ2v) is 4.84. The number of rotatable bonds is 3. The van der Waals surface area contributed by atoms with Crippen molar-refractivity contribution in [3.05, 3.63) is 34.9 Å². The van der Waals surface area contributed by atoms with Gasteiger partial charge in [-0.3, -0.25) is 0 Å². The summed E-state index contributed by atoms with van der Waals surface area (Å²) in [6, 6.07) is 6.25. The van der Waals surface area contributed by atoms with Gasteiger partial charge < -0.3 is 5.11 Å². The molecule has 1 unspecified atom stereocenters. The van der Waals surface area contributed by atoms with Crippen LogP contribution in [0.3, 0.4) is 0 Å². The molecular weight excluding hydrogens is 184 g/mol. The van der Waals surface area contributed by atoms with Crippen molar-refractivity contribution in [1.82, 2.24) is 0 Å². The van der Waals surface area contributed by atoms with Gasteiger partial charge in [-0.05, 0) is 35.4 Å². The Hall–Kier alpha value is -0.820. The molecule has 1 aromatic rings. The minimum absolute atomic E-state index is 0.374. The molecule has 1 heteroatoms. The van der Waals surface area contributed by atoms with Crippen molar-refractivity contribution in [3.63, 3.8) is 0 Å². The summed E-state index contributed by atoms with van der Waals surface area (Å²) in [4.78, 5) is 0. The van der Waals surface area contributed by atoms with Gasteiger partial charge in [0.15, 0.2) is 0 Å². The van der Waals surface area contributed by atoms with Crippen molar-refractivity contribution in [2.45, 2.75) is 52.6 Å².